The lowest BCUT2D eigenvalue weighted by Crippen LogP contribution is -2.30. The van der Waals surface area contributed by atoms with E-state index in [2.05, 4.69) is 25.7 Å². The molecule has 0 saturated carbocycles. The number of benzene rings is 1. The van der Waals surface area contributed by atoms with Gasteiger partial charge in [0.2, 0.25) is 0 Å². The van der Waals surface area contributed by atoms with Gasteiger partial charge in [-0.05, 0) is 36.5 Å². The van der Waals surface area contributed by atoms with Crippen molar-refractivity contribution in [3.05, 3.63) is 34.9 Å². The Morgan fingerprint density at radius 3 is 2.81 bits per heavy atom. The standard InChI is InChI=1S/C18H23NO2/c1-14-15(7-4-5-12-20)8-6-9-16(14)17(21)19-11-10-18(2,3)13-19/h6,8-9,20H,5,10-13H2,1-3H3. The minimum absolute atomic E-state index is 0.0630. The van der Waals surface area contributed by atoms with Crippen LogP contribution in [0.15, 0.2) is 18.2 Å². The number of likely N-dealkylation sites (tertiary alicyclic amines) is 1. The summed E-state index contributed by atoms with van der Waals surface area (Å²) >= 11 is 0. The summed E-state index contributed by atoms with van der Waals surface area (Å²) < 4.78 is 0. The molecule has 1 amide bonds. The van der Waals surface area contributed by atoms with Crippen LogP contribution in [0.3, 0.4) is 0 Å². The van der Waals surface area contributed by atoms with Gasteiger partial charge in [-0.3, -0.25) is 4.79 Å². The third kappa shape index (κ3) is 3.65. The van der Waals surface area contributed by atoms with Gasteiger partial charge in [-0.1, -0.05) is 31.8 Å². The van der Waals surface area contributed by atoms with Crippen LogP contribution in [0, 0.1) is 24.2 Å². The van der Waals surface area contributed by atoms with Gasteiger partial charge < -0.3 is 10.0 Å². The number of carbonyl (C=O) groups is 1. The van der Waals surface area contributed by atoms with Crippen LogP contribution >= 0.6 is 0 Å². The largest absolute Gasteiger partial charge is 0.395 e. The number of rotatable bonds is 2. The van der Waals surface area contributed by atoms with E-state index in [0.717, 1.165) is 36.2 Å². The molecule has 1 aromatic carbocycles. The Balaban J connectivity index is 2.23. The Morgan fingerprint density at radius 1 is 1.43 bits per heavy atom. The molecule has 1 aliphatic rings. The molecule has 1 aliphatic heterocycles. The fourth-order valence-electron chi connectivity index (χ4n) is 2.67. The summed E-state index contributed by atoms with van der Waals surface area (Å²) in [6.45, 7) is 8.04. The number of aliphatic hydroxyl groups excluding tert-OH is 1. The molecule has 0 atom stereocenters. The molecule has 1 heterocycles. The molecular formula is C18H23NO2. The second-order valence-electron chi connectivity index (χ2n) is 6.39. The van der Waals surface area contributed by atoms with Gasteiger partial charge >= 0.3 is 0 Å². The van der Waals surface area contributed by atoms with Crippen molar-refractivity contribution in [1.82, 2.24) is 4.90 Å². The number of amides is 1. The van der Waals surface area contributed by atoms with Crippen molar-refractivity contribution in [3.8, 4) is 11.8 Å². The summed E-state index contributed by atoms with van der Waals surface area (Å²) in [5, 5.41) is 8.79. The van der Waals surface area contributed by atoms with Crippen LogP contribution in [0.25, 0.3) is 0 Å². The molecule has 3 nitrogen and oxygen atoms in total. The van der Waals surface area contributed by atoms with Gasteiger partial charge in [0.1, 0.15) is 0 Å². The van der Waals surface area contributed by atoms with Crippen LogP contribution in [0.4, 0.5) is 0 Å². The summed E-state index contributed by atoms with van der Waals surface area (Å²) in [7, 11) is 0. The number of aliphatic hydroxyl groups is 1. The van der Waals surface area contributed by atoms with E-state index in [1.165, 1.54) is 0 Å². The molecule has 0 radical (unpaired) electrons. The first-order valence-electron chi connectivity index (χ1n) is 7.43. The van der Waals surface area contributed by atoms with Crippen LogP contribution < -0.4 is 0 Å². The van der Waals surface area contributed by atoms with E-state index in [1.54, 1.807) is 0 Å². The normalized spacial score (nSPS) is 16.5. The van der Waals surface area contributed by atoms with E-state index < -0.39 is 0 Å². The van der Waals surface area contributed by atoms with Gasteiger partial charge in [0.15, 0.2) is 0 Å². The molecule has 0 spiro atoms. The van der Waals surface area contributed by atoms with Crippen molar-refractivity contribution < 1.29 is 9.90 Å². The molecule has 3 heteroatoms. The SMILES string of the molecule is Cc1c(C#CCCO)cccc1C(=O)N1CCC(C)(C)C1. The van der Waals surface area contributed by atoms with Crippen molar-refractivity contribution in [1.29, 1.82) is 0 Å². The van der Waals surface area contributed by atoms with Gasteiger partial charge in [0, 0.05) is 30.6 Å². The van der Waals surface area contributed by atoms with E-state index in [-0.39, 0.29) is 17.9 Å². The maximum Gasteiger partial charge on any atom is 0.254 e. The van der Waals surface area contributed by atoms with Crippen LogP contribution in [-0.2, 0) is 0 Å². The van der Waals surface area contributed by atoms with Crippen molar-refractivity contribution >= 4 is 5.91 Å². The lowest BCUT2D eigenvalue weighted by Gasteiger charge is -2.21. The molecule has 0 bridgehead atoms. The first kappa shape index (κ1) is 15.6. The van der Waals surface area contributed by atoms with Crippen LogP contribution in [0.1, 0.15) is 48.2 Å². The zero-order valence-corrected chi connectivity index (χ0v) is 13.1. The molecule has 21 heavy (non-hydrogen) atoms. The minimum Gasteiger partial charge on any atom is -0.395 e. The molecule has 1 aromatic rings. The van der Waals surface area contributed by atoms with E-state index in [1.807, 2.05) is 30.0 Å². The fourth-order valence-corrected chi connectivity index (χ4v) is 2.67. The number of hydrogen-bond donors (Lipinski definition) is 1. The van der Waals surface area contributed by atoms with E-state index in [0.29, 0.717) is 6.42 Å². The third-order valence-electron chi connectivity index (χ3n) is 3.99. The summed E-state index contributed by atoms with van der Waals surface area (Å²) in [6, 6.07) is 5.68. The Hall–Kier alpha value is -1.79. The third-order valence-corrected chi connectivity index (χ3v) is 3.99. The molecule has 1 fully saturated rings. The van der Waals surface area contributed by atoms with Crippen molar-refractivity contribution in [2.75, 3.05) is 19.7 Å². The van der Waals surface area contributed by atoms with E-state index in [9.17, 15) is 4.79 Å². The average Bonchev–Trinajstić information content (AvgIpc) is 2.80. The smallest absolute Gasteiger partial charge is 0.254 e. The Bertz CT molecular complexity index is 593. The predicted molar refractivity (Wildman–Crippen MR) is 84.1 cm³/mol. The lowest BCUT2D eigenvalue weighted by atomic mass is 9.93. The molecule has 1 N–H and O–H groups in total. The van der Waals surface area contributed by atoms with Gasteiger partial charge in [0.25, 0.3) is 5.91 Å². The summed E-state index contributed by atoms with van der Waals surface area (Å²) in [4.78, 5) is 14.6. The molecular weight excluding hydrogens is 262 g/mol. The quantitative estimate of drug-likeness (QED) is 0.849. The first-order chi connectivity index (χ1) is 9.94. The average molecular weight is 285 g/mol. The molecule has 0 unspecified atom stereocenters. The highest BCUT2D eigenvalue weighted by Crippen LogP contribution is 2.30. The van der Waals surface area contributed by atoms with Crippen molar-refractivity contribution in [2.45, 2.75) is 33.6 Å². The maximum atomic E-state index is 12.7. The van der Waals surface area contributed by atoms with E-state index in [4.69, 9.17) is 5.11 Å². The number of hydrogen-bond acceptors (Lipinski definition) is 2. The second kappa shape index (κ2) is 6.32. The van der Waals surface area contributed by atoms with Gasteiger partial charge in [-0.25, -0.2) is 0 Å². The van der Waals surface area contributed by atoms with Crippen LogP contribution in [-0.4, -0.2) is 35.6 Å². The first-order valence-corrected chi connectivity index (χ1v) is 7.43. The highest BCUT2D eigenvalue weighted by Gasteiger charge is 2.32. The zero-order chi connectivity index (χ0) is 15.5. The second-order valence-corrected chi connectivity index (χ2v) is 6.39. The monoisotopic (exact) mass is 285 g/mol. The molecule has 2 rings (SSSR count). The minimum atomic E-state index is 0.0630. The lowest BCUT2D eigenvalue weighted by molar-refractivity contribution is 0.0777. The zero-order valence-electron chi connectivity index (χ0n) is 13.1. The Kier molecular flexibility index (Phi) is 4.69. The number of nitrogens with zero attached hydrogens (tertiary/aromatic N) is 1. The maximum absolute atomic E-state index is 12.7. The molecule has 0 aliphatic carbocycles. The van der Waals surface area contributed by atoms with Gasteiger partial charge in [0.05, 0.1) is 6.61 Å². The highest BCUT2D eigenvalue weighted by atomic mass is 16.2. The topological polar surface area (TPSA) is 40.5 Å². The fraction of sp³-hybridized carbons (Fsp3) is 0.500. The Morgan fingerprint density at radius 2 is 2.19 bits per heavy atom. The van der Waals surface area contributed by atoms with Crippen LogP contribution in [0.2, 0.25) is 0 Å². The summed E-state index contributed by atoms with van der Waals surface area (Å²) in [5.74, 6) is 6.05. The van der Waals surface area contributed by atoms with Gasteiger partial charge in [-0.2, -0.15) is 0 Å². The highest BCUT2D eigenvalue weighted by molar-refractivity contribution is 5.96. The molecule has 0 aromatic heterocycles. The Labute approximate surface area is 127 Å². The summed E-state index contributed by atoms with van der Waals surface area (Å²) in [5.41, 5.74) is 2.75. The number of carbonyl (C=O) groups excluding carboxylic acids is 1. The van der Waals surface area contributed by atoms with Crippen molar-refractivity contribution in [3.63, 3.8) is 0 Å². The van der Waals surface area contributed by atoms with Gasteiger partial charge in [-0.15, -0.1) is 0 Å². The van der Waals surface area contributed by atoms with Crippen molar-refractivity contribution in [2.24, 2.45) is 5.41 Å². The predicted octanol–water partition coefficient (Wildman–Crippen LogP) is 2.60. The van der Waals surface area contributed by atoms with Crippen LogP contribution in [0.5, 0.6) is 0 Å². The molecule has 1 saturated heterocycles. The summed E-state index contributed by atoms with van der Waals surface area (Å²) in [6.07, 6.45) is 1.51. The van der Waals surface area contributed by atoms with E-state index >= 15 is 0 Å². The molecule has 112 valence electrons.